The average molecular weight is 335 g/mol. The van der Waals surface area contributed by atoms with Crippen LogP contribution in [0.25, 0.3) is 10.9 Å². The van der Waals surface area contributed by atoms with Crippen LogP contribution < -0.4 is 5.32 Å². The predicted molar refractivity (Wildman–Crippen MR) is 98.9 cm³/mol. The number of fused-ring (bicyclic) bond motifs is 1. The Morgan fingerprint density at radius 2 is 1.80 bits per heavy atom. The maximum absolute atomic E-state index is 12.3. The Bertz CT molecular complexity index is 957. The van der Waals surface area contributed by atoms with E-state index >= 15 is 0 Å². The molecule has 5 heteroatoms. The first-order valence-corrected chi connectivity index (χ1v) is 8.28. The maximum atomic E-state index is 12.3. The van der Waals surface area contributed by atoms with Crippen LogP contribution in [0.2, 0.25) is 0 Å². The minimum atomic E-state index is -0.164. The number of aryl methyl sites for hydroxylation is 3. The highest BCUT2D eigenvalue weighted by atomic mass is 16.2. The Kier molecular flexibility index (Phi) is 4.65. The van der Waals surface area contributed by atoms with Crippen molar-refractivity contribution in [3.63, 3.8) is 0 Å². The largest absolute Gasteiger partial charge is 0.326 e. The zero-order valence-corrected chi connectivity index (χ0v) is 14.6. The van der Waals surface area contributed by atoms with Gasteiger partial charge in [0.25, 0.3) is 0 Å². The third-order valence-corrected chi connectivity index (χ3v) is 4.47. The molecule has 1 amide bonds. The molecule has 5 nitrogen and oxygen atoms in total. The van der Waals surface area contributed by atoms with Crippen molar-refractivity contribution in [1.82, 2.24) is 10.2 Å². The van der Waals surface area contributed by atoms with Crippen LogP contribution >= 0.6 is 0 Å². The Hall–Kier alpha value is -2.95. The lowest BCUT2D eigenvalue weighted by molar-refractivity contribution is -0.116. The second-order valence-electron chi connectivity index (χ2n) is 6.39. The number of nitrogens with zero attached hydrogens (tertiary/aromatic N) is 1. The van der Waals surface area contributed by atoms with Crippen LogP contribution in [0.1, 0.15) is 39.9 Å². The fourth-order valence-corrected chi connectivity index (χ4v) is 2.73. The topological polar surface area (TPSA) is 74.8 Å². The van der Waals surface area contributed by atoms with E-state index in [9.17, 15) is 9.59 Å². The van der Waals surface area contributed by atoms with Crippen LogP contribution in [0.3, 0.4) is 0 Å². The van der Waals surface area contributed by atoms with Gasteiger partial charge in [-0.2, -0.15) is 5.10 Å². The normalized spacial score (nSPS) is 10.8. The molecule has 1 aromatic heterocycles. The van der Waals surface area contributed by atoms with E-state index in [1.165, 1.54) is 0 Å². The molecule has 25 heavy (non-hydrogen) atoms. The van der Waals surface area contributed by atoms with Crippen molar-refractivity contribution in [2.24, 2.45) is 0 Å². The lowest BCUT2D eigenvalue weighted by atomic mass is 10.0. The highest BCUT2D eigenvalue weighted by molar-refractivity contribution is 6.01. The molecule has 0 atom stereocenters. The molecular weight excluding hydrogens is 314 g/mol. The molecular formula is C20H21N3O2. The van der Waals surface area contributed by atoms with Gasteiger partial charge in [0.05, 0.1) is 11.7 Å². The van der Waals surface area contributed by atoms with Crippen LogP contribution in [0.15, 0.2) is 36.5 Å². The summed E-state index contributed by atoms with van der Waals surface area (Å²) in [6.45, 7) is 5.92. The minimum Gasteiger partial charge on any atom is -0.326 e. The van der Waals surface area contributed by atoms with Crippen LogP contribution in [0.4, 0.5) is 5.69 Å². The predicted octanol–water partition coefficient (Wildman–Crippen LogP) is 4.09. The number of hydrogen-bond donors (Lipinski definition) is 2. The molecule has 128 valence electrons. The molecule has 0 saturated heterocycles. The Morgan fingerprint density at radius 3 is 2.56 bits per heavy atom. The van der Waals surface area contributed by atoms with Gasteiger partial charge in [-0.3, -0.25) is 14.7 Å². The fraction of sp³-hybridized carbons (Fsp3) is 0.250. The Morgan fingerprint density at radius 1 is 1.00 bits per heavy atom. The number of aromatic amines is 1. The molecule has 0 fully saturated rings. The first-order valence-electron chi connectivity index (χ1n) is 8.28. The standard InChI is InChI=1S/C20H21N3O2/c1-12-4-5-15(8-13(12)2)19(24)6-7-20(25)22-17-10-16-11-21-23-18(16)9-14(17)3/h4-5,8-11H,6-7H2,1-3H3,(H,21,23)(H,22,25). The summed E-state index contributed by atoms with van der Waals surface area (Å²) in [5.41, 5.74) is 5.52. The summed E-state index contributed by atoms with van der Waals surface area (Å²) in [7, 11) is 0. The van der Waals surface area contributed by atoms with E-state index in [1.807, 2.05) is 51.1 Å². The van der Waals surface area contributed by atoms with Crippen molar-refractivity contribution in [3.05, 3.63) is 58.8 Å². The summed E-state index contributed by atoms with van der Waals surface area (Å²) >= 11 is 0. The molecule has 0 aliphatic heterocycles. The number of carbonyl (C=O) groups is 2. The first-order chi connectivity index (χ1) is 11.9. The van der Waals surface area contributed by atoms with Crippen molar-refractivity contribution in [1.29, 1.82) is 0 Å². The van der Waals surface area contributed by atoms with Crippen molar-refractivity contribution in [3.8, 4) is 0 Å². The smallest absolute Gasteiger partial charge is 0.224 e. The number of benzene rings is 2. The van der Waals surface area contributed by atoms with Gasteiger partial charge >= 0.3 is 0 Å². The Balaban J connectivity index is 1.62. The summed E-state index contributed by atoms with van der Waals surface area (Å²) in [6, 6.07) is 9.47. The number of rotatable bonds is 5. The molecule has 3 rings (SSSR count). The highest BCUT2D eigenvalue weighted by Gasteiger charge is 2.12. The van der Waals surface area contributed by atoms with E-state index in [4.69, 9.17) is 0 Å². The van der Waals surface area contributed by atoms with Gasteiger partial charge in [-0.15, -0.1) is 0 Å². The first kappa shape index (κ1) is 16.9. The summed E-state index contributed by atoms with van der Waals surface area (Å²) in [4.78, 5) is 24.5. The monoisotopic (exact) mass is 335 g/mol. The molecule has 0 saturated carbocycles. The maximum Gasteiger partial charge on any atom is 0.224 e. The minimum absolute atomic E-state index is 0.0136. The van der Waals surface area contributed by atoms with Gasteiger partial charge in [0.15, 0.2) is 5.78 Å². The van der Waals surface area contributed by atoms with Gasteiger partial charge in [-0.1, -0.05) is 12.1 Å². The highest BCUT2D eigenvalue weighted by Crippen LogP contribution is 2.22. The lowest BCUT2D eigenvalue weighted by Crippen LogP contribution is -2.14. The molecule has 0 bridgehead atoms. The number of amides is 1. The van der Waals surface area contributed by atoms with Gasteiger partial charge < -0.3 is 5.32 Å². The summed E-state index contributed by atoms with van der Waals surface area (Å²) < 4.78 is 0. The summed E-state index contributed by atoms with van der Waals surface area (Å²) in [5, 5.41) is 10.7. The molecule has 2 N–H and O–H groups in total. The zero-order valence-electron chi connectivity index (χ0n) is 14.6. The Labute approximate surface area is 146 Å². The van der Waals surface area contributed by atoms with Crippen molar-refractivity contribution in [2.45, 2.75) is 33.6 Å². The number of ketones is 1. The molecule has 2 aromatic carbocycles. The van der Waals surface area contributed by atoms with Crippen molar-refractivity contribution in [2.75, 3.05) is 5.32 Å². The number of aromatic nitrogens is 2. The van der Waals surface area contributed by atoms with Crippen LogP contribution in [-0.2, 0) is 4.79 Å². The third-order valence-electron chi connectivity index (χ3n) is 4.47. The van der Waals surface area contributed by atoms with E-state index in [1.54, 1.807) is 6.20 Å². The molecule has 0 spiro atoms. The third kappa shape index (κ3) is 3.76. The van der Waals surface area contributed by atoms with Gasteiger partial charge in [-0.25, -0.2) is 0 Å². The van der Waals surface area contributed by atoms with E-state index < -0.39 is 0 Å². The molecule has 0 unspecified atom stereocenters. The number of hydrogen-bond acceptors (Lipinski definition) is 3. The number of carbonyl (C=O) groups excluding carboxylic acids is 2. The fourth-order valence-electron chi connectivity index (χ4n) is 2.73. The van der Waals surface area contributed by atoms with Gasteiger partial charge in [-0.05, 0) is 55.7 Å². The van der Waals surface area contributed by atoms with Gasteiger partial charge in [0.1, 0.15) is 0 Å². The quantitative estimate of drug-likeness (QED) is 0.690. The van der Waals surface area contributed by atoms with Crippen LogP contribution in [0.5, 0.6) is 0 Å². The molecule has 3 aromatic rings. The SMILES string of the molecule is Cc1ccc(C(=O)CCC(=O)Nc2cc3cn[nH]c3cc2C)cc1C. The van der Waals surface area contributed by atoms with E-state index in [2.05, 4.69) is 15.5 Å². The lowest BCUT2D eigenvalue weighted by Gasteiger charge is -2.09. The molecule has 0 aliphatic carbocycles. The molecule has 1 heterocycles. The summed E-state index contributed by atoms with van der Waals surface area (Å²) in [6.07, 6.45) is 2.07. The number of anilines is 1. The van der Waals surface area contributed by atoms with Gasteiger partial charge in [0, 0.05) is 29.5 Å². The molecule has 0 aliphatic rings. The van der Waals surface area contributed by atoms with Crippen molar-refractivity contribution < 1.29 is 9.59 Å². The number of nitrogens with one attached hydrogen (secondary N) is 2. The average Bonchev–Trinajstić information content (AvgIpc) is 3.02. The number of Topliss-reactive ketones (excluding diaryl/α,β-unsaturated/α-hetero) is 1. The van der Waals surface area contributed by atoms with Crippen LogP contribution in [0, 0.1) is 20.8 Å². The van der Waals surface area contributed by atoms with E-state index in [-0.39, 0.29) is 24.5 Å². The van der Waals surface area contributed by atoms with Gasteiger partial charge in [0.2, 0.25) is 5.91 Å². The van der Waals surface area contributed by atoms with Crippen molar-refractivity contribution >= 4 is 28.3 Å². The van der Waals surface area contributed by atoms with E-state index in [0.29, 0.717) is 5.56 Å². The van der Waals surface area contributed by atoms with Crippen LogP contribution in [-0.4, -0.2) is 21.9 Å². The zero-order chi connectivity index (χ0) is 18.0. The molecule has 0 radical (unpaired) electrons. The second kappa shape index (κ2) is 6.89. The second-order valence-corrected chi connectivity index (χ2v) is 6.39. The van der Waals surface area contributed by atoms with E-state index in [0.717, 1.165) is 33.3 Å². The number of H-pyrrole nitrogens is 1. The summed E-state index contributed by atoms with van der Waals surface area (Å²) in [5.74, 6) is -0.177.